The largest absolute Gasteiger partial charge is 0.293 e. The zero-order chi connectivity index (χ0) is 14.0. The first-order valence-electron chi connectivity index (χ1n) is 5.91. The molecule has 0 spiro atoms. The first kappa shape index (κ1) is 14.4. The fourth-order valence-electron chi connectivity index (χ4n) is 1.74. The highest BCUT2D eigenvalue weighted by atomic mass is 35.5. The van der Waals surface area contributed by atoms with Gasteiger partial charge in [0.15, 0.2) is 0 Å². The lowest BCUT2D eigenvalue weighted by atomic mass is 10.2. The Bertz CT molecular complexity index is 573. The van der Waals surface area contributed by atoms with Gasteiger partial charge in [-0.25, -0.2) is 4.39 Å². The van der Waals surface area contributed by atoms with E-state index in [0.29, 0.717) is 17.1 Å². The van der Waals surface area contributed by atoms with Gasteiger partial charge >= 0.3 is 0 Å². The minimum absolute atomic E-state index is 0.0876. The minimum Gasteiger partial charge on any atom is -0.293 e. The SMILES string of the molecule is Cc1nnc(C(C)N(C)Cc2cc(Cl)ccc2F)s1. The van der Waals surface area contributed by atoms with E-state index < -0.39 is 0 Å². The third kappa shape index (κ3) is 3.49. The van der Waals surface area contributed by atoms with Gasteiger partial charge in [0.25, 0.3) is 0 Å². The highest BCUT2D eigenvalue weighted by Gasteiger charge is 2.17. The lowest BCUT2D eigenvalue weighted by Crippen LogP contribution is -2.22. The van der Waals surface area contributed by atoms with Gasteiger partial charge in [0.05, 0.1) is 6.04 Å². The molecule has 1 aromatic heterocycles. The molecule has 102 valence electrons. The van der Waals surface area contributed by atoms with Crippen molar-refractivity contribution in [3.8, 4) is 0 Å². The van der Waals surface area contributed by atoms with Crippen LogP contribution in [-0.2, 0) is 6.54 Å². The summed E-state index contributed by atoms with van der Waals surface area (Å²) in [6, 6.07) is 4.69. The summed E-state index contributed by atoms with van der Waals surface area (Å²) in [5, 5.41) is 10.5. The third-order valence-electron chi connectivity index (χ3n) is 2.99. The molecule has 0 amide bonds. The maximum atomic E-state index is 13.7. The molecule has 19 heavy (non-hydrogen) atoms. The van der Waals surface area contributed by atoms with Crippen LogP contribution in [0.1, 0.15) is 28.5 Å². The van der Waals surface area contributed by atoms with E-state index in [1.165, 1.54) is 6.07 Å². The highest BCUT2D eigenvalue weighted by molar-refractivity contribution is 7.11. The molecule has 0 radical (unpaired) electrons. The Hall–Kier alpha value is -1.04. The Morgan fingerprint density at radius 2 is 2.16 bits per heavy atom. The molecule has 0 saturated heterocycles. The normalized spacial score (nSPS) is 12.9. The van der Waals surface area contributed by atoms with E-state index in [9.17, 15) is 4.39 Å². The van der Waals surface area contributed by atoms with Crippen LogP contribution in [0.25, 0.3) is 0 Å². The standard InChI is InChI=1S/C13H15ClFN3S/c1-8(13-17-16-9(2)19-13)18(3)7-10-6-11(14)4-5-12(10)15/h4-6,8H,7H2,1-3H3. The Balaban J connectivity index is 2.12. The zero-order valence-electron chi connectivity index (χ0n) is 11.0. The van der Waals surface area contributed by atoms with Gasteiger partial charge in [-0.15, -0.1) is 21.5 Å². The average molecular weight is 300 g/mol. The average Bonchev–Trinajstić information content (AvgIpc) is 2.79. The van der Waals surface area contributed by atoms with E-state index >= 15 is 0 Å². The van der Waals surface area contributed by atoms with Gasteiger partial charge in [0.1, 0.15) is 15.8 Å². The predicted molar refractivity (Wildman–Crippen MR) is 75.9 cm³/mol. The summed E-state index contributed by atoms with van der Waals surface area (Å²) < 4.78 is 13.7. The number of hydrogen-bond acceptors (Lipinski definition) is 4. The third-order valence-corrected chi connectivity index (χ3v) is 4.23. The maximum absolute atomic E-state index is 13.7. The van der Waals surface area contributed by atoms with Crippen molar-refractivity contribution >= 4 is 22.9 Å². The number of benzene rings is 1. The Morgan fingerprint density at radius 1 is 1.42 bits per heavy atom. The van der Waals surface area contributed by atoms with E-state index in [1.807, 2.05) is 25.8 Å². The van der Waals surface area contributed by atoms with E-state index in [1.54, 1.807) is 23.5 Å². The number of rotatable bonds is 4. The lowest BCUT2D eigenvalue weighted by molar-refractivity contribution is 0.248. The van der Waals surface area contributed by atoms with E-state index in [2.05, 4.69) is 10.2 Å². The van der Waals surface area contributed by atoms with E-state index in [-0.39, 0.29) is 11.9 Å². The van der Waals surface area contributed by atoms with Crippen LogP contribution in [0.2, 0.25) is 5.02 Å². The van der Waals surface area contributed by atoms with Crippen LogP contribution in [0.5, 0.6) is 0 Å². The fourth-order valence-corrected chi connectivity index (χ4v) is 2.75. The minimum atomic E-state index is -0.239. The molecule has 2 aromatic rings. The maximum Gasteiger partial charge on any atom is 0.134 e. The molecule has 0 N–H and O–H groups in total. The molecular formula is C13H15ClFN3S. The van der Waals surface area contributed by atoms with Gasteiger partial charge in [-0.05, 0) is 39.1 Å². The number of aryl methyl sites for hydroxylation is 1. The monoisotopic (exact) mass is 299 g/mol. The molecule has 0 fully saturated rings. The van der Waals surface area contributed by atoms with Crippen LogP contribution in [-0.4, -0.2) is 22.1 Å². The second kappa shape index (κ2) is 5.94. The molecule has 0 aliphatic rings. The topological polar surface area (TPSA) is 29.0 Å². The van der Waals surface area contributed by atoms with Crippen LogP contribution in [0.4, 0.5) is 4.39 Å². The van der Waals surface area contributed by atoms with Crippen molar-refractivity contribution in [2.75, 3.05) is 7.05 Å². The lowest BCUT2D eigenvalue weighted by Gasteiger charge is -2.22. The van der Waals surface area contributed by atoms with Gasteiger partial charge < -0.3 is 0 Å². The van der Waals surface area contributed by atoms with Crippen LogP contribution in [0, 0.1) is 12.7 Å². The molecule has 3 nitrogen and oxygen atoms in total. The van der Waals surface area contributed by atoms with Gasteiger partial charge in [-0.3, -0.25) is 4.90 Å². The zero-order valence-corrected chi connectivity index (χ0v) is 12.6. The van der Waals surface area contributed by atoms with Crippen molar-refractivity contribution in [1.29, 1.82) is 0 Å². The predicted octanol–water partition coefficient (Wildman–Crippen LogP) is 3.83. The Labute approximate surface area is 121 Å². The molecule has 0 bridgehead atoms. The summed E-state index contributed by atoms with van der Waals surface area (Å²) in [5.41, 5.74) is 0.586. The summed E-state index contributed by atoms with van der Waals surface area (Å²) >= 11 is 7.45. The second-order valence-electron chi connectivity index (χ2n) is 4.49. The van der Waals surface area contributed by atoms with Gasteiger partial charge in [0, 0.05) is 17.1 Å². The number of aromatic nitrogens is 2. The summed E-state index contributed by atoms with van der Waals surface area (Å²) in [6.45, 7) is 4.43. The molecule has 1 heterocycles. The molecule has 1 atom stereocenters. The molecule has 6 heteroatoms. The van der Waals surface area contributed by atoms with E-state index in [0.717, 1.165) is 10.0 Å². The number of nitrogens with zero attached hydrogens (tertiary/aromatic N) is 3. The summed E-state index contributed by atoms with van der Waals surface area (Å²) in [7, 11) is 1.93. The Morgan fingerprint density at radius 3 is 2.79 bits per heavy atom. The highest BCUT2D eigenvalue weighted by Crippen LogP contribution is 2.25. The molecule has 0 saturated carbocycles. The molecule has 1 aromatic carbocycles. The van der Waals surface area contributed by atoms with Crippen LogP contribution in [0.15, 0.2) is 18.2 Å². The van der Waals surface area contributed by atoms with Gasteiger partial charge in [-0.1, -0.05) is 11.6 Å². The molecule has 2 rings (SSSR count). The number of hydrogen-bond donors (Lipinski definition) is 0. The van der Waals surface area contributed by atoms with E-state index in [4.69, 9.17) is 11.6 Å². The molecule has 1 unspecified atom stereocenters. The molecular weight excluding hydrogens is 285 g/mol. The second-order valence-corrected chi connectivity index (χ2v) is 6.14. The first-order valence-corrected chi connectivity index (χ1v) is 7.11. The van der Waals surface area contributed by atoms with Crippen LogP contribution < -0.4 is 0 Å². The van der Waals surface area contributed by atoms with Crippen molar-refractivity contribution in [2.24, 2.45) is 0 Å². The van der Waals surface area contributed by atoms with Crippen molar-refractivity contribution in [3.63, 3.8) is 0 Å². The Kier molecular flexibility index (Phi) is 4.50. The van der Waals surface area contributed by atoms with Gasteiger partial charge in [-0.2, -0.15) is 0 Å². The quantitative estimate of drug-likeness (QED) is 0.859. The van der Waals surface area contributed by atoms with Crippen LogP contribution in [0.3, 0.4) is 0 Å². The van der Waals surface area contributed by atoms with Crippen molar-refractivity contribution < 1.29 is 4.39 Å². The summed E-state index contributed by atoms with van der Waals surface area (Å²) in [6.07, 6.45) is 0. The molecule has 0 aliphatic heterocycles. The van der Waals surface area contributed by atoms with Crippen molar-refractivity contribution in [2.45, 2.75) is 26.4 Å². The summed E-state index contributed by atoms with van der Waals surface area (Å²) in [4.78, 5) is 2.02. The fraction of sp³-hybridized carbons (Fsp3) is 0.385. The van der Waals surface area contributed by atoms with Crippen molar-refractivity contribution in [3.05, 3.63) is 44.6 Å². The molecule has 0 aliphatic carbocycles. The van der Waals surface area contributed by atoms with Crippen molar-refractivity contribution in [1.82, 2.24) is 15.1 Å². The first-order chi connectivity index (χ1) is 8.97. The summed E-state index contributed by atoms with van der Waals surface area (Å²) in [5.74, 6) is -0.239. The van der Waals surface area contributed by atoms with Gasteiger partial charge in [0.2, 0.25) is 0 Å². The van der Waals surface area contributed by atoms with Crippen LogP contribution >= 0.6 is 22.9 Å². The number of halogens is 2. The smallest absolute Gasteiger partial charge is 0.134 e.